The van der Waals surface area contributed by atoms with Gasteiger partial charge in [-0.15, -0.1) is 0 Å². The standard InChI is InChI=1S/C19H29NO2/c1-14(2)9-10-22-18-7-5-16(6-8-18)19-13-20(21)12-17(19)11-15(3)4/h5-9,15,17,19,21H,10-13H2,1-4H3/t17-,19-/m0/s1. The van der Waals surface area contributed by atoms with E-state index in [0.29, 0.717) is 24.4 Å². The second-order valence-electron chi connectivity index (χ2n) is 7.03. The first kappa shape index (κ1) is 17.0. The maximum Gasteiger partial charge on any atom is 0.119 e. The summed E-state index contributed by atoms with van der Waals surface area (Å²) in [5.74, 6) is 2.51. The third-order valence-electron chi connectivity index (χ3n) is 4.25. The minimum atomic E-state index is 0.416. The molecule has 0 spiro atoms. The van der Waals surface area contributed by atoms with Crippen LogP contribution in [-0.2, 0) is 0 Å². The van der Waals surface area contributed by atoms with Gasteiger partial charge in [0.2, 0.25) is 0 Å². The molecule has 1 aliphatic rings. The fourth-order valence-electron chi connectivity index (χ4n) is 3.19. The Hall–Kier alpha value is -1.32. The van der Waals surface area contributed by atoms with Gasteiger partial charge >= 0.3 is 0 Å². The molecule has 0 aromatic heterocycles. The zero-order chi connectivity index (χ0) is 16.1. The van der Waals surface area contributed by atoms with E-state index in [1.54, 1.807) is 0 Å². The monoisotopic (exact) mass is 303 g/mol. The predicted molar refractivity (Wildman–Crippen MR) is 90.4 cm³/mol. The summed E-state index contributed by atoms with van der Waals surface area (Å²) in [6.07, 6.45) is 3.23. The molecular weight excluding hydrogens is 274 g/mol. The first-order valence-electron chi connectivity index (χ1n) is 8.25. The molecule has 1 aromatic carbocycles. The van der Waals surface area contributed by atoms with E-state index >= 15 is 0 Å². The van der Waals surface area contributed by atoms with Crippen molar-refractivity contribution in [3.63, 3.8) is 0 Å². The molecular formula is C19H29NO2. The van der Waals surface area contributed by atoms with Crippen molar-refractivity contribution in [3.8, 4) is 5.75 Å². The van der Waals surface area contributed by atoms with Gasteiger partial charge in [0.25, 0.3) is 0 Å². The van der Waals surface area contributed by atoms with E-state index in [0.717, 1.165) is 25.3 Å². The fraction of sp³-hybridized carbons (Fsp3) is 0.579. The largest absolute Gasteiger partial charge is 0.490 e. The highest BCUT2D eigenvalue weighted by Crippen LogP contribution is 2.36. The molecule has 1 aliphatic heterocycles. The third kappa shape index (κ3) is 4.85. The third-order valence-corrected chi connectivity index (χ3v) is 4.25. The molecule has 122 valence electrons. The van der Waals surface area contributed by atoms with E-state index in [9.17, 15) is 5.21 Å². The molecule has 0 amide bonds. The molecule has 2 rings (SSSR count). The number of hydroxylamine groups is 2. The van der Waals surface area contributed by atoms with Crippen LogP contribution in [-0.4, -0.2) is 30.0 Å². The number of allylic oxidation sites excluding steroid dienone is 1. The van der Waals surface area contributed by atoms with Crippen LogP contribution in [0.3, 0.4) is 0 Å². The van der Waals surface area contributed by atoms with Crippen molar-refractivity contribution in [1.29, 1.82) is 0 Å². The highest BCUT2D eigenvalue weighted by atomic mass is 16.5. The van der Waals surface area contributed by atoms with E-state index in [2.05, 4.69) is 45.9 Å². The van der Waals surface area contributed by atoms with Crippen LogP contribution in [0.25, 0.3) is 0 Å². The van der Waals surface area contributed by atoms with Gasteiger partial charge in [-0.25, -0.2) is 0 Å². The lowest BCUT2D eigenvalue weighted by molar-refractivity contribution is -0.0725. The summed E-state index contributed by atoms with van der Waals surface area (Å²) in [6, 6.07) is 8.38. The quantitative estimate of drug-likeness (QED) is 0.786. The summed E-state index contributed by atoms with van der Waals surface area (Å²) in [5, 5.41) is 11.3. The van der Waals surface area contributed by atoms with E-state index in [4.69, 9.17) is 4.74 Å². The lowest BCUT2D eigenvalue weighted by Gasteiger charge is -2.20. The summed E-state index contributed by atoms with van der Waals surface area (Å²) >= 11 is 0. The molecule has 1 aromatic rings. The van der Waals surface area contributed by atoms with Crippen molar-refractivity contribution < 1.29 is 9.94 Å². The van der Waals surface area contributed by atoms with Crippen LogP contribution in [0.4, 0.5) is 0 Å². The molecule has 3 heteroatoms. The minimum Gasteiger partial charge on any atom is -0.490 e. The fourth-order valence-corrected chi connectivity index (χ4v) is 3.19. The maximum absolute atomic E-state index is 9.87. The van der Waals surface area contributed by atoms with E-state index in [1.165, 1.54) is 16.2 Å². The van der Waals surface area contributed by atoms with Gasteiger partial charge in [0.1, 0.15) is 12.4 Å². The van der Waals surface area contributed by atoms with Crippen LogP contribution >= 0.6 is 0 Å². The molecule has 0 bridgehead atoms. The van der Waals surface area contributed by atoms with Crippen molar-refractivity contribution in [3.05, 3.63) is 41.5 Å². The molecule has 0 unspecified atom stereocenters. The van der Waals surface area contributed by atoms with E-state index < -0.39 is 0 Å². The van der Waals surface area contributed by atoms with Gasteiger partial charge < -0.3 is 9.94 Å². The molecule has 0 aliphatic carbocycles. The van der Waals surface area contributed by atoms with Gasteiger partial charge in [0.05, 0.1) is 0 Å². The Morgan fingerprint density at radius 3 is 2.55 bits per heavy atom. The zero-order valence-electron chi connectivity index (χ0n) is 14.2. The topological polar surface area (TPSA) is 32.7 Å². The van der Waals surface area contributed by atoms with Crippen LogP contribution in [0.2, 0.25) is 0 Å². The summed E-state index contributed by atoms with van der Waals surface area (Å²) in [7, 11) is 0. The van der Waals surface area contributed by atoms with Crippen LogP contribution in [0.15, 0.2) is 35.9 Å². The van der Waals surface area contributed by atoms with Gasteiger partial charge in [-0.1, -0.05) is 31.6 Å². The predicted octanol–water partition coefficient (Wildman–Crippen LogP) is 4.48. The Morgan fingerprint density at radius 1 is 1.27 bits per heavy atom. The van der Waals surface area contributed by atoms with Gasteiger partial charge in [-0.2, -0.15) is 5.06 Å². The number of rotatable bonds is 6. The molecule has 1 heterocycles. The molecule has 0 radical (unpaired) electrons. The van der Waals surface area contributed by atoms with Crippen LogP contribution in [0.5, 0.6) is 5.75 Å². The summed E-state index contributed by atoms with van der Waals surface area (Å²) < 4.78 is 5.71. The molecule has 0 saturated carbocycles. The average molecular weight is 303 g/mol. The van der Waals surface area contributed by atoms with E-state index in [1.807, 2.05) is 12.1 Å². The Bertz CT molecular complexity index is 489. The van der Waals surface area contributed by atoms with Crippen LogP contribution in [0.1, 0.15) is 45.6 Å². The Morgan fingerprint density at radius 2 is 1.95 bits per heavy atom. The second kappa shape index (κ2) is 7.80. The minimum absolute atomic E-state index is 0.416. The average Bonchev–Trinajstić information content (AvgIpc) is 2.79. The lowest BCUT2D eigenvalue weighted by atomic mass is 9.84. The number of hydrogen-bond acceptors (Lipinski definition) is 3. The molecule has 1 N–H and O–H groups in total. The Balaban J connectivity index is 2.00. The first-order chi connectivity index (χ1) is 10.5. The van der Waals surface area contributed by atoms with Crippen LogP contribution in [0, 0.1) is 11.8 Å². The molecule has 1 saturated heterocycles. The molecule has 22 heavy (non-hydrogen) atoms. The maximum atomic E-state index is 9.87. The van der Waals surface area contributed by atoms with Gasteiger partial charge in [0, 0.05) is 19.0 Å². The van der Waals surface area contributed by atoms with Crippen molar-refractivity contribution in [2.24, 2.45) is 11.8 Å². The first-order valence-corrected chi connectivity index (χ1v) is 8.25. The molecule has 1 fully saturated rings. The van der Waals surface area contributed by atoms with Gasteiger partial charge in [-0.3, -0.25) is 0 Å². The summed E-state index contributed by atoms with van der Waals surface area (Å²) in [5.41, 5.74) is 2.57. The summed E-state index contributed by atoms with van der Waals surface area (Å²) in [6.45, 7) is 10.8. The second-order valence-corrected chi connectivity index (χ2v) is 7.03. The molecule has 3 nitrogen and oxygen atoms in total. The van der Waals surface area contributed by atoms with Gasteiger partial charge in [-0.05, 0) is 55.9 Å². The van der Waals surface area contributed by atoms with Crippen molar-refractivity contribution >= 4 is 0 Å². The van der Waals surface area contributed by atoms with Crippen molar-refractivity contribution in [2.45, 2.75) is 40.0 Å². The SMILES string of the molecule is CC(C)=CCOc1ccc([C@@H]2CN(O)C[C@@H]2CC(C)C)cc1. The normalized spacial score (nSPS) is 22.1. The highest BCUT2D eigenvalue weighted by Gasteiger charge is 2.33. The smallest absolute Gasteiger partial charge is 0.119 e. The van der Waals surface area contributed by atoms with Crippen molar-refractivity contribution in [1.82, 2.24) is 5.06 Å². The van der Waals surface area contributed by atoms with Gasteiger partial charge in [0.15, 0.2) is 0 Å². The van der Waals surface area contributed by atoms with Crippen molar-refractivity contribution in [2.75, 3.05) is 19.7 Å². The number of ether oxygens (including phenoxy) is 1. The Labute approximate surface area is 134 Å². The number of benzene rings is 1. The summed E-state index contributed by atoms with van der Waals surface area (Å²) in [4.78, 5) is 0. The number of nitrogens with zero attached hydrogens (tertiary/aromatic N) is 1. The van der Waals surface area contributed by atoms with E-state index in [-0.39, 0.29) is 0 Å². The molecule has 2 atom stereocenters. The number of hydrogen-bond donors (Lipinski definition) is 1. The van der Waals surface area contributed by atoms with Crippen LogP contribution < -0.4 is 4.74 Å². The highest BCUT2D eigenvalue weighted by molar-refractivity contribution is 5.31. The Kier molecular flexibility index (Phi) is 6.04. The lowest BCUT2D eigenvalue weighted by Crippen LogP contribution is -2.15. The zero-order valence-corrected chi connectivity index (χ0v) is 14.2.